The van der Waals surface area contributed by atoms with Crippen LogP contribution in [0.2, 0.25) is 0 Å². The molecule has 2 aromatic heterocycles. The van der Waals surface area contributed by atoms with E-state index in [-0.39, 0.29) is 23.1 Å². The van der Waals surface area contributed by atoms with Gasteiger partial charge in [0.25, 0.3) is 5.56 Å². The first-order valence-electron chi connectivity index (χ1n) is 9.18. The average molecular weight is 377 g/mol. The van der Waals surface area contributed by atoms with Crippen LogP contribution in [0, 0.1) is 17.2 Å². The normalized spacial score (nSPS) is 19.2. The Morgan fingerprint density at radius 2 is 2.00 bits per heavy atom. The number of carbonyl (C=O) groups is 1. The molecule has 0 spiro atoms. The molecule has 4 rings (SSSR count). The molecule has 0 aliphatic heterocycles. The van der Waals surface area contributed by atoms with Gasteiger partial charge in [-0.25, -0.2) is 4.79 Å². The molecular formula is C20H19N5O3. The summed E-state index contributed by atoms with van der Waals surface area (Å²) in [5.74, 6) is -0.751. The van der Waals surface area contributed by atoms with Crippen LogP contribution in [-0.2, 0) is 0 Å². The first kappa shape index (κ1) is 17.8. The minimum absolute atomic E-state index is 0.0759. The number of aromatic nitrogens is 3. The Morgan fingerprint density at radius 3 is 2.71 bits per heavy atom. The van der Waals surface area contributed by atoms with Crippen molar-refractivity contribution >= 4 is 28.4 Å². The van der Waals surface area contributed by atoms with Crippen LogP contribution in [0.15, 0.2) is 41.3 Å². The summed E-state index contributed by atoms with van der Waals surface area (Å²) in [5.41, 5.74) is 1.22. The Kier molecular flexibility index (Phi) is 4.57. The van der Waals surface area contributed by atoms with Crippen LogP contribution in [0.5, 0.6) is 0 Å². The minimum Gasteiger partial charge on any atom is -0.478 e. The lowest BCUT2D eigenvalue weighted by Crippen LogP contribution is -2.23. The molecule has 8 heteroatoms. The molecule has 1 fully saturated rings. The van der Waals surface area contributed by atoms with E-state index in [1.165, 1.54) is 12.1 Å². The number of H-pyrrole nitrogens is 1. The van der Waals surface area contributed by atoms with Gasteiger partial charge in [0.05, 0.1) is 29.1 Å². The number of hydrogen-bond acceptors (Lipinski definition) is 5. The van der Waals surface area contributed by atoms with Gasteiger partial charge >= 0.3 is 5.97 Å². The largest absolute Gasteiger partial charge is 0.478 e. The average Bonchev–Trinajstić information content (AvgIpc) is 3.08. The number of pyridine rings is 1. The number of anilines is 2. The lowest BCUT2D eigenvalue weighted by molar-refractivity contribution is 0.0697. The fourth-order valence-corrected chi connectivity index (χ4v) is 3.83. The monoisotopic (exact) mass is 377 g/mol. The van der Waals surface area contributed by atoms with Gasteiger partial charge in [0.1, 0.15) is 5.39 Å². The third-order valence-corrected chi connectivity index (χ3v) is 5.23. The Hall–Kier alpha value is -3.60. The molecule has 1 aromatic carbocycles. The molecule has 8 nitrogen and oxygen atoms in total. The van der Waals surface area contributed by atoms with Crippen LogP contribution in [0.25, 0.3) is 10.9 Å². The van der Waals surface area contributed by atoms with E-state index in [9.17, 15) is 14.9 Å². The van der Waals surface area contributed by atoms with Gasteiger partial charge in [-0.05, 0) is 43.2 Å². The van der Waals surface area contributed by atoms with Crippen molar-refractivity contribution in [1.29, 1.82) is 5.26 Å². The second-order valence-electron chi connectivity index (χ2n) is 6.96. The molecule has 1 aliphatic carbocycles. The third kappa shape index (κ3) is 3.11. The zero-order chi connectivity index (χ0) is 19.7. The molecule has 3 aromatic rings. The number of benzene rings is 1. The molecule has 2 heterocycles. The highest BCUT2D eigenvalue weighted by molar-refractivity contribution is 5.92. The van der Waals surface area contributed by atoms with Gasteiger partial charge in [-0.1, -0.05) is 12.8 Å². The number of fused-ring (bicyclic) bond motifs is 1. The van der Waals surface area contributed by atoms with E-state index in [2.05, 4.69) is 21.5 Å². The van der Waals surface area contributed by atoms with Crippen LogP contribution >= 0.6 is 0 Å². The molecule has 2 atom stereocenters. The quantitative estimate of drug-likeness (QED) is 0.640. The highest BCUT2D eigenvalue weighted by atomic mass is 16.4. The van der Waals surface area contributed by atoms with Crippen molar-refractivity contribution in [1.82, 2.24) is 14.8 Å². The molecule has 0 amide bonds. The standard InChI is InChI=1S/C20H19N5O3/c21-11-13-3-1-2-4-15(13)25-16-9-10-22-19(26)17(16)18(24-25)23-14-7-5-12(6-8-14)20(27)28/h5-10,13,15H,1-4H2,(H,22,26)(H,23,24)(H,27,28). The van der Waals surface area contributed by atoms with Gasteiger partial charge in [0, 0.05) is 11.9 Å². The fraction of sp³-hybridized carbons (Fsp3) is 0.300. The highest BCUT2D eigenvalue weighted by Gasteiger charge is 2.29. The summed E-state index contributed by atoms with van der Waals surface area (Å²) < 4.78 is 1.80. The number of nitriles is 1. The van der Waals surface area contributed by atoms with E-state index in [1.54, 1.807) is 29.1 Å². The number of carboxylic acids is 1. The number of nitrogens with one attached hydrogen (secondary N) is 2. The van der Waals surface area contributed by atoms with Gasteiger partial charge in [-0.2, -0.15) is 10.4 Å². The summed E-state index contributed by atoms with van der Waals surface area (Å²) in [4.78, 5) is 26.2. The smallest absolute Gasteiger partial charge is 0.335 e. The van der Waals surface area contributed by atoms with Crippen molar-refractivity contribution in [3.8, 4) is 6.07 Å². The van der Waals surface area contributed by atoms with Gasteiger partial charge in [0.15, 0.2) is 5.82 Å². The second-order valence-corrected chi connectivity index (χ2v) is 6.96. The number of aromatic carboxylic acids is 1. The number of carboxylic acid groups (broad SMARTS) is 1. The predicted octanol–water partition coefficient (Wildman–Crippen LogP) is 3.42. The molecular weight excluding hydrogens is 358 g/mol. The zero-order valence-electron chi connectivity index (χ0n) is 15.1. The van der Waals surface area contributed by atoms with Crippen molar-refractivity contribution in [3.05, 3.63) is 52.4 Å². The summed E-state index contributed by atoms with van der Waals surface area (Å²) in [7, 11) is 0. The van der Waals surface area contributed by atoms with Gasteiger partial charge < -0.3 is 15.4 Å². The molecule has 28 heavy (non-hydrogen) atoms. The molecule has 0 saturated heterocycles. The maximum Gasteiger partial charge on any atom is 0.335 e. The van der Waals surface area contributed by atoms with Crippen LogP contribution in [0.4, 0.5) is 11.5 Å². The van der Waals surface area contributed by atoms with Crippen LogP contribution in [-0.4, -0.2) is 25.8 Å². The minimum atomic E-state index is -1.00. The maximum absolute atomic E-state index is 12.5. The van der Waals surface area contributed by atoms with Crippen molar-refractivity contribution in [2.75, 3.05) is 5.32 Å². The van der Waals surface area contributed by atoms with E-state index in [0.717, 1.165) is 25.7 Å². The van der Waals surface area contributed by atoms with Gasteiger partial charge in [-0.3, -0.25) is 9.48 Å². The number of aromatic amines is 1. The molecule has 0 radical (unpaired) electrons. The van der Waals surface area contributed by atoms with Crippen molar-refractivity contribution in [2.45, 2.75) is 31.7 Å². The Labute approximate surface area is 160 Å². The molecule has 0 bridgehead atoms. The number of rotatable bonds is 4. The van der Waals surface area contributed by atoms with Gasteiger partial charge in [0.2, 0.25) is 0 Å². The topological polar surface area (TPSA) is 124 Å². The fourth-order valence-electron chi connectivity index (χ4n) is 3.83. The van der Waals surface area contributed by atoms with E-state index < -0.39 is 5.97 Å². The highest BCUT2D eigenvalue weighted by Crippen LogP contribution is 2.36. The molecule has 1 saturated carbocycles. The first-order valence-corrected chi connectivity index (χ1v) is 9.18. The van der Waals surface area contributed by atoms with Crippen molar-refractivity contribution < 1.29 is 9.90 Å². The van der Waals surface area contributed by atoms with E-state index in [4.69, 9.17) is 5.11 Å². The van der Waals surface area contributed by atoms with E-state index >= 15 is 0 Å². The summed E-state index contributed by atoms with van der Waals surface area (Å²) in [6.45, 7) is 0. The predicted molar refractivity (Wildman–Crippen MR) is 104 cm³/mol. The molecule has 2 unspecified atom stereocenters. The Morgan fingerprint density at radius 1 is 1.25 bits per heavy atom. The van der Waals surface area contributed by atoms with Crippen LogP contribution in [0.3, 0.4) is 0 Å². The van der Waals surface area contributed by atoms with Crippen molar-refractivity contribution in [3.63, 3.8) is 0 Å². The zero-order valence-corrected chi connectivity index (χ0v) is 15.1. The maximum atomic E-state index is 12.5. The van der Waals surface area contributed by atoms with Crippen LogP contribution in [0.1, 0.15) is 42.1 Å². The lowest BCUT2D eigenvalue weighted by atomic mass is 9.85. The SMILES string of the molecule is N#CC1CCCCC1n1nc(Nc2ccc(C(=O)O)cc2)c2c(=O)[nH]ccc21. The number of hydrogen-bond donors (Lipinski definition) is 3. The second kappa shape index (κ2) is 7.19. The van der Waals surface area contributed by atoms with Crippen LogP contribution < -0.4 is 10.9 Å². The summed E-state index contributed by atoms with van der Waals surface area (Å²) >= 11 is 0. The Balaban J connectivity index is 1.77. The molecule has 3 N–H and O–H groups in total. The van der Waals surface area contributed by atoms with Crippen molar-refractivity contribution in [2.24, 2.45) is 5.92 Å². The lowest BCUT2D eigenvalue weighted by Gasteiger charge is -2.27. The summed E-state index contributed by atoms with van der Waals surface area (Å²) in [5, 5.41) is 26.8. The number of nitrogens with zero attached hydrogens (tertiary/aromatic N) is 3. The van der Waals surface area contributed by atoms with E-state index in [0.29, 0.717) is 22.4 Å². The molecule has 142 valence electrons. The van der Waals surface area contributed by atoms with E-state index in [1.807, 2.05) is 0 Å². The Bertz CT molecular complexity index is 1120. The van der Waals surface area contributed by atoms with Gasteiger partial charge in [-0.15, -0.1) is 0 Å². The summed E-state index contributed by atoms with van der Waals surface area (Å²) in [6, 6.07) is 10.3. The third-order valence-electron chi connectivity index (χ3n) is 5.23. The molecule has 1 aliphatic rings. The summed E-state index contributed by atoms with van der Waals surface area (Å²) in [6.07, 6.45) is 5.29. The first-order chi connectivity index (χ1) is 13.6.